The molecular formula is C14H8ClFN6. The molecule has 0 fully saturated rings. The number of benzene rings is 1. The zero-order chi connectivity index (χ0) is 15.7. The van der Waals surface area contributed by atoms with Crippen LogP contribution in [0.4, 0.5) is 4.39 Å². The predicted octanol–water partition coefficient (Wildman–Crippen LogP) is 2.60. The van der Waals surface area contributed by atoms with Crippen LogP contribution in [-0.4, -0.2) is 25.2 Å². The second-order valence-electron chi connectivity index (χ2n) is 4.43. The van der Waals surface area contributed by atoms with Crippen molar-refractivity contribution >= 4 is 11.6 Å². The Balaban J connectivity index is 2.32. The van der Waals surface area contributed by atoms with Gasteiger partial charge in [-0.2, -0.15) is 10.1 Å². The molecule has 8 heteroatoms. The van der Waals surface area contributed by atoms with E-state index in [0.29, 0.717) is 16.1 Å². The largest absolute Gasteiger partial charge is 0.243 e. The molecule has 0 aliphatic heterocycles. The van der Waals surface area contributed by atoms with Crippen molar-refractivity contribution in [2.45, 2.75) is 0 Å². The molecule has 22 heavy (non-hydrogen) atoms. The van der Waals surface area contributed by atoms with Crippen LogP contribution in [0.2, 0.25) is 5.02 Å². The maximum Gasteiger partial charge on any atom is 0.208 e. The topological polar surface area (TPSA) is 80.3 Å². The lowest BCUT2D eigenvalue weighted by Gasteiger charge is -2.09. The third-order valence-corrected chi connectivity index (χ3v) is 3.20. The summed E-state index contributed by atoms with van der Waals surface area (Å²) in [5.74, 6) is -0.395. The molecule has 0 spiro atoms. The highest BCUT2D eigenvalue weighted by Gasteiger charge is 2.19. The maximum absolute atomic E-state index is 14.3. The highest BCUT2D eigenvalue weighted by Crippen LogP contribution is 2.34. The van der Waals surface area contributed by atoms with Gasteiger partial charge in [-0.15, -0.1) is 10.2 Å². The molecule has 1 aromatic carbocycles. The molecule has 2 aromatic heterocycles. The molecule has 6 nitrogen and oxygen atoms in total. The summed E-state index contributed by atoms with van der Waals surface area (Å²) in [6.07, 6.45) is 1.36. The molecule has 3 aromatic rings. The Kier molecular flexibility index (Phi) is 3.53. The Hall–Kier alpha value is -2.85. The number of pyridine rings is 1. The van der Waals surface area contributed by atoms with Crippen molar-refractivity contribution in [2.24, 2.45) is 7.05 Å². The molecule has 0 radical (unpaired) electrons. The van der Waals surface area contributed by atoms with Crippen molar-refractivity contribution < 1.29 is 4.39 Å². The van der Waals surface area contributed by atoms with Gasteiger partial charge in [0.1, 0.15) is 17.6 Å². The molecule has 0 unspecified atom stereocenters. The van der Waals surface area contributed by atoms with E-state index >= 15 is 0 Å². The molecule has 0 amide bonds. The SMILES string of the molecule is Cn1nnc(-c2c(F)cccc2-c2cc(Cl)cnc2C#N)n1. The van der Waals surface area contributed by atoms with Crippen LogP contribution in [0, 0.1) is 17.1 Å². The van der Waals surface area contributed by atoms with Gasteiger partial charge in [0.05, 0.1) is 17.6 Å². The van der Waals surface area contributed by atoms with Crippen LogP contribution >= 0.6 is 11.6 Å². The number of nitrogens with zero attached hydrogens (tertiary/aromatic N) is 6. The van der Waals surface area contributed by atoms with Gasteiger partial charge in [0.2, 0.25) is 5.82 Å². The van der Waals surface area contributed by atoms with E-state index in [9.17, 15) is 9.65 Å². The normalized spacial score (nSPS) is 10.5. The summed E-state index contributed by atoms with van der Waals surface area (Å²) in [6, 6.07) is 8.01. The van der Waals surface area contributed by atoms with E-state index in [2.05, 4.69) is 20.4 Å². The first-order valence-corrected chi connectivity index (χ1v) is 6.57. The van der Waals surface area contributed by atoms with E-state index in [4.69, 9.17) is 11.6 Å². The summed E-state index contributed by atoms with van der Waals surface area (Å²) in [5.41, 5.74) is 1.13. The zero-order valence-corrected chi connectivity index (χ0v) is 12.1. The summed E-state index contributed by atoms with van der Waals surface area (Å²) in [6.45, 7) is 0. The molecule has 2 heterocycles. The van der Waals surface area contributed by atoms with Gasteiger partial charge < -0.3 is 0 Å². The molecule has 108 valence electrons. The Morgan fingerprint density at radius 2 is 2.14 bits per heavy atom. The maximum atomic E-state index is 14.3. The summed E-state index contributed by atoms with van der Waals surface area (Å²) < 4.78 is 14.3. The number of nitriles is 1. The van der Waals surface area contributed by atoms with Gasteiger partial charge in [-0.25, -0.2) is 9.37 Å². The predicted molar refractivity (Wildman–Crippen MR) is 77.1 cm³/mol. The third-order valence-electron chi connectivity index (χ3n) is 3.00. The highest BCUT2D eigenvalue weighted by atomic mass is 35.5. The Morgan fingerprint density at radius 1 is 1.32 bits per heavy atom. The van der Waals surface area contributed by atoms with Gasteiger partial charge in [0.15, 0.2) is 0 Å². The Morgan fingerprint density at radius 3 is 2.82 bits per heavy atom. The highest BCUT2D eigenvalue weighted by molar-refractivity contribution is 6.30. The van der Waals surface area contributed by atoms with Crippen molar-refractivity contribution in [1.82, 2.24) is 25.2 Å². The lowest BCUT2D eigenvalue weighted by molar-refractivity contribution is 0.625. The number of halogens is 2. The lowest BCUT2D eigenvalue weighted by Crippen LogP contribution is -1.96. The fraction of sp³-hybridized carbons (Fsp3) is 0.0714. The van der Waals surface area contributed by atoms with E-state index in [1.54, 1.807) is 19.2 Å². The molecule has 0 saturated carbocycles. The van der Waals surface area contributed by atoms with Gasteiger partial charge in [-0.1, -0.05) is 23.7 Å². The van der Waals surface area contributed by atoms with E-state index in [1.165, 1.54) is 23.1 Å². The van der Waals surface area contributed by atoms with Crippen molar-refractivity contribution in [3.8, 4) is 28.6 Å². The smallest absolute Gasteiger partial charge is 0.208 e. The van der Waals surface area contributed by atoms with Crippen LogP contribution in [-0.2, 0) is 7.05 Å². The average molecular weight is 315 g/mol. The third kappa shape index (κ3) is 2.40. The van der Waals surface area contributed by atoms with Crippen LogP contribution < -0.4 is 0 Å². The molecule has 0 N–H and O–H groups in total. The van der Waals surface area contributed by atoms with Gasteiger partial charge in [0, 0.05) is 11.8 Å². The van der Waals surface area contributed by atoms with E-state index in [1.807, 2.05) is 6.07 Å². The van der Waals surface area contributed by atoms with Crippen molar-refractivity contribution in [3.05, 3.63) is 47.0 Å². The summed E-state index contributed by atoms with van der Waals surface area (Å²) in [4.78, 5) is 5.19. The fourth-order valence-corrected chi connectivity index (χ4v) is 2.25. The number of hydrogen-bond acceptors (Lipinski definition) is 5. The molecule has 3 rings (SSSR count). The first-order valence-electron chi connectivity index (χ1n) is 6.19. The Labute approximate surface area is 129 Å². The van der Waals surface area contributed by atoms with Crippen LogP contribution in [0.15, 0.2) is 30.5 Å². The summed E-state index contributed by atoms with van der Waals surface area (Å²) >= 11 is 5.95. The molecule has 0 atom stereocenters. The van der Waals surface area contributed by atoms with Gasteiger partial charge in [0.25, 0.3) is 0 Å². The second kappa shape index (κ2) is 5.50. The molecule has 0 bridgehead atoms. The number of hydrogen-bond donors (Lipinski definition) is 0. The van der Waals surface area contributed by atoms with Crippen molar-refractivity contribution in [2.75, 3.05) is 0 Å². The van der Waals surface area contributed by atoms with Crippen molar-refractivity contribution in [1.29, 1.82) is 5.26 Å². The van der Waals surface area contributed by atoms with E-state index in [0.717, 1.165) is 0 Å². The number of aromatic nitrogens is 5. The van der Waals surface area contributed by atoms with E-state index in [-0.39, 0.29) is 17.1 Å². The summed E-state index contributed by atoms with van der Waals surface area (Å²) in [5, 5.41) is 21.1. The number of rotatable bonds is 2. The Bertz CT molecular complexity index is 899. The van der Waals surface area contributed by atoms with E-state index < -0.39 is 5.82 Å². The summed E-state index contributed by atoms with van der Waals surface area (Å²) in [7, 11) is 1.58. The molecular weight excluding hydrogens is 307 g/mol. The van der Waals surface area contributed by atoms with Crippen molar-refractivity contribution in [3.63, 3.8) is 0 Å². The van der Waals surface area contributed by atoms with Gasteiger partial charge in [-0.05, 0) is 22.9 Å². The molecule has 0 aliphatic rings. The van der Waals surface area contributed by atoms with Crippen LogP contribution in [0.1, 0.15) is 5.69 Å². The second-order valence-corrected chi connectivity index (χ2v) is 4.86. The minimum absolute atomic E-state index is 0.125. The monoisotopic (exact) mass is 314 g/mol. The standard InChI is InChI=1S/C14H8ClFN6/c1-22-20-14(19-21-22)13-9(3-2-4-11(13)16)10-5-8(15)7-18-12(10)6-17/h2-5,7H,1H3. The van der Waals surface area contributed by atoms with Gasteiger partial charge in [-0.3, -0.25) is 0 Å². The minimum Gasteiger partial charge on any atom is -0.243 e. The van der Waals surface area contributed by atoms with Gasteiger partial charge >= 0.3 is 0 Å². The lowest BCUT2D eigenvalue weighted by atomic mass is 9.97. The van der Waals surface area contributed by atoms with Crippen LogP contribution in [0.5, 0.6) is 0 Å². The van der Waals surface area contributed by atoms with Crippen LogP contribution in [0.25, 0.3) is 22.5 Å². The quantitative estimate of drug-likeness (QED) is 0.726. The molecule has 0 saturated heterocycles. The number of aryl methyl sites for hydroxylation is 1. The number of tetrazole rings is 1. The average Bonchev–Trinajstić information content (AvgIpc) is 2.93. The first-order chi connectivity index (χ1) is 10.6. The first kappa shape index (κ1) is 14.1. The minimum atomic E-state index is -0.519. The zero-order valence-electron chi connectivity index (χ0n) is 11.3. The fourth-order valence-electron chi connectivity index (χ4n) is 2.09. The molecule has 0 aliphatic carbocycles. The van der Waals surface area contributed by atoms with Crippen LogP contribution in [0.3, 0.4) is 0 Å².